The van der Waals surface area contributed by atoms with Crippen molar-refractivity contribution >= 4 is 43.6 Å². The molecule has 2 N–H and O–H groups in total. The molecule has 0 bridgehead atoms. The molecule has 2 atom stereocenters. The van der Waals surface area contributed by atoms with Crippen molar-refractivity contribution in [2.75, 3.05) is 11.9 Å². The summed E-state index contributed by atoms with van der Waals surface area (Å²) in [5, 5.41) is 3.00. The predicted molar refractivity (Wildman–Crippen MR) is 192 cm³/mol. The number of carbonyl (C=O) groups excluding carboxylic acids is 2. The van der Waals surface area contributed by atoms with Crippen molar-refractivity contribution in [3.63, 3.8) is 0 Å². The number of hydrogen-bond donors (Lipinski definition) is 2. The minimum atomic E-state index is -4.45. The normalized spacial score (nSPS) is 17.1. The van der Waals surface area contributed by atoms with Gasteiger partial charge in [-0.1, -0.05) is 47.6 Å². The van der Waals surface area contributed by atoms with Gasteiger partial charge in [0.1, 0.15) is 5.82 Å². The molecule has 0 aromatic carbocycles. The summed E-state index contributed by atoms with van der Waals surface area (Å²) in [6, 6.07) is 10.9. The molecule has 2 amide bonds. The first-order valence-corrected chi connectivity index (χ1v) is 18.8. The molecule has 13 heteroatoms. The molecule has 10 nitrogen and oxygen atoms in total. The van der Waals surface area contributed by atoms with Gasteiger partial charge in [0.25, 0.3) is 15.9 Å². The molecule has 1 fully saturated rings. The number of sulfonamides is 1. The van der Waals surface area contributed by atoms with Crippen LogP contribution < -0.4 is 10.0 Å². The van der Waals surface area contributed by atoms with Crippen molar-refractivity contribution in [3.05, 3.63) is 76.0 Å². The van der Waals surface area contributed by atoms with E-state index >= 15 is 0 Å². The maximum Gasteiger partial charge on any atom is 0.281 e. The fraction of sp³-hybridized carbons (Fsp3) is 0.528. The third-order valence-electron chi connectivity index (χ3n) is 8.55. The fourth-order valence-corrected chi connectivity index (χ4v) is 7.28. The van der Waals surface area contributed by atoms with E-state index in [1.165, 1.54) is 24.3 Å². The molecular formula is C36H48BrFN6O4S. The zero-order valence-corrected chi connectivity index (χ0v) is 32.0. The maximum absolute atomic E-state index is 14.8. The molecule has 1 aliphatic heterocycles. The molecule has 0 aliphatic carbocycles. The Labute approximate surface area is 298 Å². The molecule has 266 valence electrons. The van der Waals surface area contributed by atoms with Crippen LogP contribution in [-0.2, 0) is 26.7 Å². The smallest absolute Gasteiger partial charge is 0.281 e. The van der Waals surface area contributed by atoms with Gasteiger partial charge in [0, 0.05) is 58.4 Å². The van der Waals surface area contributed by atoms with Crippen molar-refractivity contribution < 1.29 is 22.4 Å². The van der Waals surface area contributed by atoms with Crippen LogP contribution in [0.3, 0.4) is 0 Å². The highest BCUT2D eigenvalue weighted by molar-refractivity contribution is 9.10. The van der Waals surface area contributed by atoms with Crippen LogP contribution in [0.4, 0.5) is 10.2 Å². The number of rotatable bonds is 11. The van der Waals surface area contributed by atoms with Gasteiger partial charge < -0.3 is 10.2 Å². The number of halogens is 2. The van der Waals surface area contributed by atoms with Crippen LogP contribution in [0.15, 0.2) is 58.2 Å². The van der Waals surface area contributed by atoms with Crippen LogP contribution in [0, 0.1) is 17.3 Å². The van der Waals surface area contributed by atoms with E-state index in [9.17, 15) is 22.4 Å². The molecule has 0 spiro atoms. The SMILES string of the molecule is CC(C)(C)CC(=O)N1CC(CCC(Cc2ccc(Br)cn2)Nc2cccc(S(=O)(=O)NC(=O)c3ccc(C(C)(C)C)nc3F)n2)CC1(C)C. The Kier molecular flexibility index (Phi) is 11.6. The zero-order valence-electron chi connectivity index (χ0n) is 29.6. The first-order valence-electron chi connectivity index (χ1n) is 16.5. The number of hydrogen-bond acceptors (Lipinski definition) is 8. The van der Waals surface area contributed by atoms with E-state index in [1.807, 2.05) is 42.5 Å². The molecule has 2 unspecified atom stereocenters. The monoisotopic (exact) mass is 758 g/mol. The van der Waals surface area contributed by atoms with Crippen LogP contribution in [-0.4, -0.2) is 58.2 Å². The predicted octanol–water partition coefficient (Wildman–Crippen LogP) is 7.06. The van der Waals surface area contributed by atoms with Crippen molar-refractivity contribution in [2.24, 2.45) is 11.3 Å². The third kappa shape index (κ3) is 10.5. The lowest BCUT2D eigenvalue weighted by Crippen LogP contribution is -2.43. The molecular weight excluding hydrogens is 711 g/mol. The lowest BCUT2D eigenvalue weighted by molar-refractivity contribution is -0.136. The van der Waals surface area contributed by atoms with E-state index in [0.29, 0.717) is 43.2 Å². The first kappa shape index (κ1) is 38.4. The van der Waals surface area contributed by atoms with Gasteiger partial charge in [0.05, 0.1) is 5.56 Å². The number of aromatic nitrogens is 3. The molecule has 4 rings (SSSR count). The van der Waals surface area contributed by atoms with Crippen molar-refractivity contribution in [3.8, 4) is 0 Å². The molecule has 1 saturated heterocycles. The van der Waals surface area contributed by atoms with Gasteiger partial charge in [-0.25, -0.2) is 14.7 Å². The average molecular weight is 760 g/mol. The van der Waals surface area contributed by atoms with E-state index in [2.05, 4.69) is 70.8 Å². The van der Waals surface area contributed by atoms with Crippen molar-refractivity contribution in [2.45, 2.75) is 110 Å². The van der Waals surface area contributed by atoms with Crippen LogP contribution in [0.25, 0.3) is 0 Å². The van der Waals surface area contributed by atoms with Gasteiger partial charge in [-0.05, 0) is 96.8 Å². The highest BCUT2D eigenvalue weighted by atomic mass is 79.9. The van der Waals surface area contributed by atoms with Crippen molar-refractivity contribution in [1.29, 1.82) is 0 Å². The minimum absolute atomic E-state index is 0.0964. The topological polar surface area (TPSA) is 134 Å². The van der Waals surface area contributed by atoms with E-state index in [1.54, 1.807) is 12.3 Å². The lowest BCUT2D eigenvalue weighted by atomic mass is 9.90. The summed E-state index contributed by atoms with van der Waals surface area (Å²) >= 11 is 3.43. The Morgan fingerprint density at radius 3 is 2.39 bits per heavy atom. The second kappa shape index (κ2) is 14.8. The second-order valence-corrected chi connectivity index (χ2v) is 18.3. The Bertz CT molecular complexity index is 1770. The molecule has 49 heavy (non-hydrogen) atoms. The summed E-state index contributed by atoms with van der Waals surface area (Å²) in [5.74, 6) is -1.43. The fourth-order valence-electron chi connectivity index (χ4n) is 6.11. The number of likely N-dealkylation sites (tertiary alicyclic amines) is 1. The number of carbonyl (C=O) groups is 2. The number of amides is 2. The number of pyridine rings is 3. The summed E-state index contributed by atoms with van der Waals surface area (Å²) in [6.45, 7) is 16.7. The van der Waals surface area contributed by atoms with Gasteiger partial charge in [0.15, 0.2) is 5.03 Å². The lowest BCUT2D eigenvalue weighted by Gasteiger charge is -2.33. The quantitative estimate of drug-likeness (QED) is 0.199. The van der Waals surface area contributed by atoms with Crippen LogP contribution >= 0.6 is 15.9 Å². The maximum atomic E-state index is 14.8. The van der Waals surface area contributed by atoms with Crippen LogP contribution in [0.1, 0.15) is 103 Å². The molecule has 4 heterocycles. The highest BCUT2D eigenvalue weighted by Crippen LogP contribution is 2.37. The Morgan fingerprint density at radius 1 is 1.06 bits per heavy atom. The molecule has 1 aliphatic rings. The summed E-state index contributed by atoms with van der Waals surface area (Å²) in [6.07, 6.45) is 5.19. The minimum Gasteiger partial charge on any atom is -0.367 e. The average Bonchev–Trinajstić information content (AvgIpc) is 3.29. The number of nitrogens with zero attached hydrogens (tertiary/aromatic N) is 4. The van der Waals surface area contributed by atoms with E-state index < -0.39 is 37.9 Å². The Balaban J connectivity index is 1.49. The summed E-state index contributed by atoms with van der Waals surface area (Å²) in [4.78, 5) is 40.8. The number of nitrogens with one attached hydrogen (secondary N) is 2. The van der Waals surface area contributed by atoms with Crippen LogP contribution in [0.5, 0.6) is 0 Å². The molecule has 3 aromatic rings. The standard InChI is InChI=1S/C36H48BrFN6O4S/c1-34(2,3)20-31(45)44-22-23(19-36(44,7)8)12-14-26(18-25-15-13-24(37)21-39-25)40-29-10-9-11-30(42-29)49(47,48)43-33(46)27-16-17-28(35(4,5)6)41-32(27)38/h9-11,13,15-17,21,23,26H,12,14,18-20,22H2,1-8H3,(H,40,42)(H,43,46). The number of anilines is 1. The summed E-state index contributed by atoms with van der Waals surface area (Å²) in [7, 11) is -4.45. The second-order valence-electron chi connectivity index (χ2n) is 15.8. The van der Waals surface area contributed by atoms with E-state index in [-0.39, 0.29) is 22.9 Å². The van der Waals surface area contributed by atoms with Crippen LogP contribution in [0.2, 0.25) is 0 Å². The molecule has 0 radical (unpaired) electrons. The summed E-state index contributed by atoms with van der Waals surface area (Å²) in [5.41, 5.74) is -0.00297. The molecule has 3 aromatic heterocycles. The van der Waals surface area contributed by atoms with Gasteiger partial charge in [-0.3, -0.25) is 14.6 Å². The van der Waals surface area contributed by atoms with E-state index in [4.69, 9.17) is 0 Å². The zero-order chi connectivity index (χ0) is 36.4. The third-order valence-corrected chi connectivity index (χ3v) is 10.3. The highest BCUT2D eigenvalue weighted by Gasteiger charge is 2.41. The summed E-state index contributed by atoms with van der Waals surface area (Å²) < 4.78 is 44.0. The van der Waals surface area contributed by atoms with E-state index in [0.717, 1.165) is 23.0 Å². The largest absolute Gasteiger partial charge is 0.367 e. The molecule has 0 saturated carbocycles. The van der Waals surface area contributed by atoms with Gasteiger partial charge >= 0.3 is 0 Å². The van der Waals surface area contributed by atoms with Gasteiger partial charge in [-0.15, -0.1) is 0 Å². The van der Waals surface area contributed by atoms with Gasteiger partial charge in [-0.2, -0.15) is 12.8 Å². The Hall–Kier alpha value is -3.45. The first-order chi connectivity index (χ1) is 22.6. The van der Waals surface area contributed by atoms with Crippen molar-refractivity contribution in [1.82, 2.24) is 24.6 Å². The Morgan fingerprint density at radius 2 is 1.78 bits per heavy atom. The van der Waals surface area contributed by atoms with Gasteiger partial charge in [0.2, 0.25) is 11.9 Å².